The summed E-state index contributed by atoms with van der Waals surface area (Å²) >= 11 is 6.42. The SMILES string of the molecule is O=C(NCCN(C(=O)c1ccc(Br)o1)c1cccc2ccccc12)c1ccc(Br)o1. The molecule has 0 spiro atoms. The van der Waals surface area contributed by atoms with Gasteiger partial charge in [-0.2, -0.15) is 0 Å². The molecule has 2 aromatic carbocycles. The number of halogens is 2. The van der Waals surface area contributed by atoms with E-state index < -0.39 is 0 Å². The zero-order chi connectivity index (χ0) is 21.1. The first-order valence-corrected chi connectivity index (χ1v) is 10.7. The van der Waals surface area contributed by atoms with E-state index in [1.54, 1.807) is 29.2 Å². The van der Waals surface area contributed by atoms with Crippen LogP contribution in [-0.4, -0.2) is 24.9 Å². The summed E-state index contributed by atoms with van der Waals surface area (Å²) in [5.74, 6) is -0.255. The highest BCUT2D eigenvalue weighted by Crippen LogP contribution is 2.28. The number of benzene rings is 2. The lowest BCUT2D eigenvalue weighted by Crippen LogP contribution is -2.38. The van der Waals surface area contributed by atoms with Crippen molar-refractivity contribution in [3.63, 3.8) is 0 Å². The second-order valence-corrected chi connectivity index (χ2v) is 7.98. The summed E-state index contributed by atoms with van der Waals surface area (Å²) in [6.45, 7) is 0.479. The number of anilines is 1. The Bertz CT molecular complexity index is 1210. The van der Waals surface area contributed by atoms with E-state index in [0.717, 1.165) is 16.5 Å². The van der Waals surface area contributed by atoms with E-state index in [9.17, 15) is 9.59 Å². The molecule has 2 amide bonds. The van der Waals surface area contributed by atoms with Crippen molar-refractivity contribution in [2.24, 2.45) is 0 Å². The number of rotatable bonds is 6. The van der Waals surface area contributed by atoms with Crippen molar-refractivity contribution in [3.8, 4) is 0 Å². The minimum atomic E-state index is -0.355. The van der Waals surface area contributed by atoms with Crippen LogP contribution in [0.25, 0.3) is 10.8 Å². The Kier molecular flexibility index (Phi) is 6.06. The van der Waals surface area contributed by atoms with Gasteiger partial charge in [0, 0.05) is 18.5 Å². The number of fused-ring (bicyclic) bond motifs is 1. The van der Waals surface area contributed by atoms with Gasteiger partial charge in [0.05, 0.1) is 5.69 Å². The van der Waals surface area contributed by atoms with E-state index in [1.807, 2.05) is 42.5 Å². The van der Waals surface area contributed by atoms with Crippen LogP contribution in [0.4, 0.5) is 5.69 Å². The van der Waals surface area contributed by atoms with E-state index in [0.29, 0.717) is 9.34 Å². The van der Waals surface area contributed by atoms with Gasteiger partial charge in [-0.25, -0.2) is 0 Å². The van der Waals surface area contributed by atoms with Crippen molar-refractivity contribution in [3.05, 3.63) is 87.6 Å². The highest BCUT2D eigenvalue weighted by molar-refractivity contribution is 9.10. The molecule has 0 unspecified atom stereocenters. The molecule has 4 aromatic rings. The second kappa shape index (κ2) is 8.89. The first kappa shape index (κ1) is 20.4. The predicted octanol–water partition coefficient (Wildman–Crippen LogP) is 5.63. The Morgan fingerprint density at radius 2 is 1.50 bits per heavy atom. The molecule has 0 aliphatic rings. The molecule has 0 saturated carbocycles. The number of hydrogen-bond acceptors (Lipinski definition) is 4. The molecule has 2 aromatic heterocycles. The molecule has 0 atom stereocenters. The summed E-state index contributed by atoms with van der Waals surface area (Å²) in [6, 6.07) is 20.1. The molecule has 6 nitrogen and oxygen atoms in total. The van der Waals surface area contributed by atoms with Crippen LogP contribution in [0.15, 0.2) is 84.9 Å². The Morgan fingerprint density at radius 1 is 0.833 bits per heavy atom. The second-order valence-electron chi connectivity index (χ2n) is 6.42. The Morgan fingerprint density at radius 3 is 2.20 bits per heavy atom. The number of furan rings is 2. The maximum absolute atomic E-state index is 13.2. The number of hydrogen-bond donors (Lipinski definition) is 1. The fourth-order valence-electron chi connectivity index (χ4n) is 3.14. The molecule has 8 heteroatoms. The topological polar surface area (TPSA) is 75.7 Å². The average Bonchev–Trinajstić information content (AvgIpc) is 3.39. The fraction of sp³-hybridized carbons (Fsp3) is 0.0909. The largest absolute Gasteiger partial charge is 0.444 e. The lowest BCUT2D eigenvalue weighted by molar-refractivity contribution is 0.0915. The van der Waals surface area contributed by atoms with Crippen molar-refractivity contribution < 1.29 is 18.4 Å². The van der Waals surface area contributed by atoms with Crippen molar-refractivity contribution >= 4 is 60.1 Å². The number of nitrogens with one attached hydrogen (secondary N) is 1. The Hall–Kier alpha value is -2.84. The van der Waals surface area contributed by atoms with Crippen LogP contribution in [-0.2, 0) is 0 Å². The first-order valence-electron chi connectivity index (χ1n) is 9.11. The molecule has 0 fully saturated rings. The number of carbonyl (C=O) groups is 2. The Labute approximate surface area is 189 Å². The maximum atomic E-state index is 13.2. The molecule has 30 heavy (non-hydrogen) atoms. The highest BCUT2D eigenvalue weighted by atomic mass is 79.9. The van der Waals surface area contributed by atoms with Gasteiger partial charge in [-0.3, -0.25) is 9.59 Å². The summed E-state index contributed by atoms with van der Waals surface area (Å²) in [6.07, 6.45) is 0. The molecule has 0 radical (unpaired) electrons. The first-order chi connectivity index (χ1) is 14.5. The lowest BCUT2D eigenvalue weighted by atomic mass is 10.1. The lowest BCUT2D eigenvalue weighted by Gasteiger charge is -2.23. The van der Waals surface area contributed by atoms with Crippen LogP contribution in [0.1, 0.15) is 21.1 Å². The third-order valence-electron chi connectivity index (χ3n) is 4.50. The predicted molar refractivity (Wildman–Crippen MR) is 121 cm³/mol. The zero-order valence-corrected chi connectivity index (χ0v) is 18.8. The van der Waals surface area contributed by atoms with Gasteiger partial charge in [-0.15, -0.1) is 0 Å². The van der Waals surface area contributed by atoms with E-state index in [1.165, 1.54) is 0 Å². The molecule has 1 N–H and O–H groups in total. The van der Waals surface area contributed by atoms with Crippen LogP contribution in [0.5, 0.6) is 0 Å². The van der Waals surface area contributed by atoms with Crippen LogP contribution >= 0.6 is 31.9 Å². The summed E-state index contributed by atoms with van der Waals surface area (Å²) in [5.41, 5.74) is 0.737. The van der Waals surface area contributed by atoms with Gasteiger partial charge in [0.15, 0.2) is 20.9 Å². The van der Waals surface area contributed by atoms with Crippen molar-refractivity contribution in [1.82, 2.24) is 5.32 Å². The smallest absolute Gasteiger partial charge is 0.294 e. The van der Waals surface area contributed by atoms with Gasteiger partial charge < -0.3 is 19.1 Å². The quantitative estimate of drug-likeness (QED) is 0.350. The fourth-order valence-corrected chi connectivity index (χ4v) is 3.76. The molecular formula is C22H16Br2N2O4. The summed E-state index contributed by atoms with van der Waals surface area (Å²) in [5, 5.41) is 4.73. The summed E-state index contributed by atoms with van der Waals surface area (Å²) in [4.78, 5) is 27.1. The van der Waals surface area contributed by atoms with Gasteiger partial charge in [0.2, 0.25) is 0 Å². The van der Waals surface area contributed by atoms with E-state index in [4.69, 9.17) is 8.83 Å². The summed E-state index contributed by atoms with van der Waals surface area (Å²) < 4.78 is 11.7. The van der Waals surface area contributed by atoms with E-state index in [2.05, 4.69) is 37.2 Å². The highest BCUT2D eigenvalue weighted by Gasteiger charge is 2.23. The van der Waals surface area contributed by atoms with E-state index >= 15 is 0 Å². The van der Waals surface area contributed by atoms with Crippen molar-refractivity contribution in [2.75, 3.05) is 18.0 Å². The minimum Gasteiger partial charge on any atom is -0.444 e. The molecule has 0 aliphatic heterocycles. The molecule has 0 bridgehead atoms. The normalized spacial score (nSPS) is 10.9. The van der Waals surface area contributed by atoms with Crippen LogP contribution in [0.3, 0.4) is 0 Å². The van der Waals surface area contributed by atoms with Gasteiger partial charge in [-0.05, 0) is 67.6 Å². The van der Waals surface area contributed by atoms with Crippen molar-refractivity contribution in [1.29, 1.82) is 0 Å². The molecule has 152 valence electrons. The third kappa shape index (κ3) is 4.34. The third-order valence-corrected chi connectivity index (χ3v) is 5.36. The van der Waals surface area contributed by atoms with Crippen LogP contribution in [0, 0.1) is 0 Å². The number of carbonyl (C=O) groups excluding carboxylic acids is 2. The monoisotopic (exact) mass is 530 g/mol. The standard InChI is InChI=1S/C22H16Br2N2O4/c23-19-10-8-17(29-19)21(27)25-12-13-26(22(28)18-9-11-20(24)30-18)16-7-3-5-14-4-1-2-6-15(14)16/h1-11H,12-13H2,(H,25,27). The minimum absolute atomic E-state index is 0.194. The van der Waals surface area contributed by atoms with Crippen molar-refractivity contribution in [2.45, 2.75) is 0 Å². The Balaban J connectivity index is 1.60. The van der Waals surface area contributed by atoms with Gasteiger partial charge in [0.25, 0.3) is 11.8 Å². The molecule has 4 rings (SSSR count). The van der Waals surface area contributed by atoms with Crippen LogP contribution < -0.4 is 10.2 Å². The van der Waals surface area contributed by atoms with Crippen LogP contribution in [0.2, 0.25) is 0 Å². The van der Waals surface area contributed by atoms with E-state index in [-0.39, 0.29) is 36.4 Å². The summed E-state index contributed by atoms with van der Waals surface area (Å²) in [7, 11) is 0. The molecule has 0 aliphatic carbocycles. The molecule has 0 saturated heterocycles. The molecule has 2 heterocycles. The average molecular weight is 532 g/mol. The number of amides is 2. The van der Waals surface area contributed by atoms with Gasteiger partial charge >= 0.3 is 0 Å². The zero-order valence-electron chi connectivity index (χ0n) is 15.6. The molecular weight excluding hydrogens is 516 g/mol. The van der Waals surface area contributed by atoms with Gasteiger partial charge in [0.1, 0.15) is 0 Å². The maximum Gasteiger partial charge on any atom is 0.294 e. The number of nitrogens with zero attached hydrogens (tertiary/aromatic N) is 1. The van der Waals surface area contributed by atoms with Gasteiger partial charge in [-0.1, -0.05) is 36.4 Å².